The number of aryl methyl sites for hydroxylation is 1. The van der Waals surface area contributed by atoms with Crippen LogP contribution >= 0.6 is 11.6 Å². The Bertz CT molecular complexity index is 944. The van der Waals surface area contributed by atoms with Gasteiger partial charge in [-0.1, -0.05) is 42.8 Å². The molecule has 1 heterocycles. The Morgan fingerprint density at radius 2 is 1.70 bits per heavy atom. The van der Waals surface area contributed by atoms with Gasteiger partial charge in [-0.2, -0.15) is 4.98 Å². The first-order valence-corrected chi connectivity index (χ1v) is 8.77. The van der Waals surface area contributed by atoms with Crippen LogP contribution in [0.3, 0.4) is 0 Å². The lowest BCUT2D eigenvalue weighted by molar-refractivity contribution is 0.847. The third-order valence-corrected chi connectivity index (χ3v) is 4.41. The Morgan fingerprint density at radius 1 is 1.04 bits per heavy atom. The van der Waals surface area contributed by atoms with E-state index >= 15 is 0 Å². The molecule has 0 aliphatic rings. The second-order valence-electron chi connectivity index (χ2n) is 5.95. The van der Waals surface area contributed by atoms with E-state index in [9.17, 15) is 4.91 Å². The summed E-state index contributed by atoms with van der Waals surface area (Å²) in [5.41, 5.74) is 15.7. The lowest BCUT2D eigenvalue weighted by atomic mass is 10.0. The molecule has 2 aromatic carbocycles. The molecule has 138 valence electrons. The zero-order chi connectivity index (χ0) is 19.4. The van der Waals surface area contributed by atoms with E-state index in [0.29, 0.717) is 29.5 Å². The van der Waals surface area contributed by atoms with E-state index in [4.69, 9.17) is 23.1 Å². The predicted molar refractivity (Wildman–Crippen MR) is 109 cm³/mol. The number of nitrogen functional groups attached to an aromatic ring is 2. The summed E-state index contributed by atoms with van der Waals surface area (Å²) in [5.74, 6) is 0.489. The van der Waals surface area contributed by atoms with Crippen LogP contribution in [0.4, 0.5) is 17.5 Å². The summed E-state index contributed by atoms with van der Waals surface area (Å²) in [6.07, 6.45) is 0.673. The Balaban J connectivity index is 1.88. The number of nitrogens with zero attached hydrogens (tertiary/aromatic N) is 4. The highest BCUT2D eigenvalue weighted by Gasteiger charge is 2.14. The van der Waals surface area contributed by atoms with Crippen LogP contribution < -0.4 is 16.5 Å². The van der Waals surface area contributed by atoms with Crippen LogP contribution in [-0.2, 0) is 13.0 Å². The van der Waals surface area contributed by atoms with E-state index in [1.54, 1.807) is 12.1 Å². The molecular formula is C19H19ClN6O. The number of hydrogen-bond donors (Lipinski definition) is 2. The third-order valence-electron chi connectivity index (χ3n) is 4.16. The van der Waals surface area contributed by atoms with Gasteiger partial charge >= 0.3 is 0 Å². The average Bonchev–Trinajstić information content (AvgIpc) is 2.67. The van der Waals surface area contributed by atoms with E-state index in [-0.39, 0.29) is 5.95 Å². The fourth-order valence-corrected chi connectivity index (χ4v) is 2.97. The largest absolute Gasteiger partial charge is 0.383 e. The predicted octanol–water partition coefficient (Wildman–Crippen LogP) is 4.21. The quantitative estimate of drug-likeness (QED) is 0.488. The van der Waals surface area contributed by atoms with Crippen molar-refractivity contribution in [3.8, 4) is 11.1 Å². The number of hydrogen-bond acceptors (Lipinski definition) is 6. The van der Waals surface area contributed by atoms with Crippen molar-refractivity contribution in [2.45, 2.75) is 19.9 Å². The second-order valence-corrected chi connectivity index (χ2v) is 6.39. The minimum absolute atomic E-state index is 0.156. The molecular weight excluding hydrogens is 364 g/mol. The molecule has 0 radical (unpaired) electrons. The van der Waals surface area contributed by atoms with Gasteiger partial charge in [-0.05, 0) is 41.8 Å². The van der Waals surface area contributed by atoms with E-state index in [1.165, 1.54) is 5.01 Å². The van der Waals surface area contributed by atoms with E-state index < -0.39 is 0 Å². The zero-order valence-electron chi connectivity index (χ0n) is 14.8. The second kappa shape index (κ2) is 8.01. The maximum Gasteiger partial charge on any atom is 0.222 e. The first kappa shape index (κ1) is 18.6. The van der Waals surface area contributed by atoms with Crippen molar-refractivity contribution >= 4 is 29.1 Å². The van der Waals surface area contributed by atoms with E-state index in [2.05, 4.69) is 15.3 Å². The van der Waals surface area contributed by atoms with Crippen LogP contribution in [0.5, 0.6) is 0 Å². The standard InChI is InChI=1S/C19H19ClN6O/c1-2-16-17(18(21)24-19(22)23-16)13-5-9-15(10-6-13)26(25-27)11-12-3-7-14(20)8-4-12/h3-10H,2,11H2,1H3,(H4,21,22,23,24). The SMILES string of the molecule is CCc1nc(N)nc(N)c1-c1ccc(N(Cc2ccc(Cl)cc2)N=O)cc1. The van der Waals surface area contributed by atoms with Crippen LogP contribution in [0.1, 0.15) is 18.2 Å². The van der Waals surface area contributed by atoms with Gasteiger partial charge < -0.3 is 11.5 Å². The maximum atomic E-state index is 11.3. The van der Waals surface area contributed by atoms with Crippen molar-refractivity contribution in [3.63, 3.8) is 0 Å². The van der Waals surface area contributed by atoms with Gasteiger partial charge in [0.15, 0.2) is 0 Å². The molecule has 0 aliphatic carbocycles. The van der Waals surface area contributed by atoms with Gasteiger partial charge in [0, 0.05) is 10.6 Å². The number of nitroso groups, excluding NO2 is 1. The van der Waals surface area contributed by atoms with Crippen molar-refractivity contribution in [2.24, 2.45) is 5.29 Å². The van der Waals surface area contributed by atoms with Gasteiger partial charge in [0.05, 0.1) is 23.2 Å². The molecule has 0 atom stereocenters. The first-order chi connectivity index (χ1) is 13.0. The van der Waals surface area contributed by atoms with Gasteiger partial charge in [0.1, 0.15) is 5.82 Å². The highest BCUT2D eigenvalue weighted by atomic mass is 35.5. The van der Waals surface area contributed by atoms with Gasteiger partial charge in [-0.15, -0.1) is 4.91 Å². The fourth-order valence-electron chi connectivity index (χ4n) is 2.85. The van der Waals surface area contributed by atoms with Crippen molar-refractivity contribution < 1.29 is 0 Å². The van der Waals surface area contributed by atoms with Gasteiger partial charge in [0.25, 0.3) is 0 Å². The van der Waals surface area contributed by atoms with Crippen molar-refractivity contribution in [1.82, 2.24) is 9.97 Å². The average molecular weight is 383 g/mol. The van der Waals surface area contributed by atoms with E-state index in [0.717, 1.165) is 22.4 Å². The highest BCUT2D eigenvalue weighted by Crippen LogP contribution is 2.30. The molecule has 1 aromatic heterocycles. The molecule has 3 rings (SSSR count). The molecule has 0 unspecified atom stereocenters. The van der Waals surface area contributed by atoms with Crippen molar-refractivity contribution in [1.29, 1.82) is 0 Å². The molecule has 0 spiro atoms. The third kappa shape index (κ3) is 4.15. The van der Waals surface area contributed by atoms with Crippen molar-refractivity contribution in [2.75, 3.05) is 16.5 Å². The lowest BCUT2D eigenvalue weighted by Gasteiger charge is -2.17. The monoisotopic (exact) mass is 382 g/mol. The van der Waals surface area contributed by atoms with Crippen LogP contribution in [0.25, 0.3) is 11.1 Å². The van der Waals surface area contributed by atoms with Crippen LogP contribution in [0.15, 0.2) is 53.8 Å². The highest BCUT2D eigenvalue weighted by molar-refractivity contribution is 6.30. The van der Waals surface area contributed by atoms with Gasteiger partial charge in [0.2, 0.25) is 5.95 Å². The molecule has 27 heavy (non-hydrogen) atoms. The van der Waals surface area contributed by atoms with Crippen LogP contribution in [0, 0.1) is 4.91 Å². The number of nitrogens with two attached hydrogens (primary N) is 2. The fraction of sp³-hybridized carbons (Fsp3) is 0.158. The van der Waals surface area contributed by atoms with Crippen LogP contribution in [0.2, 0.25) is 5.02 Å². The molecule has 0 bridgehead atoms. The smallest absolute Gasteiger partial charge is 0.222 e. The number of rotatable bonds is 6. The Morgan fingerprint density at radius 3 is 2.30 bits per heavy atom. The van der Waals surface area contributed by atoms with Crippen molar-refractivity contribution in [3.05, 3.63) is 69.7 Å². The topological polar surface area (TPSA) is 110 Å². The molecule has 4 N–H and O–H groups in total. The van der Waals surface area contributed by atoms with Gasteiger partial charge in [-0.3, -0.25) is 0 Å². The summed E-state index contributed by atoms with van der Waals surface area (Å²) in [7, 11) is 0. The summed E-state index contributed by atoms with van der Waals surface area (Å²) in [4.78, 5) is 19.6. The number of halogens is 1. The summed E-state index contributed by atoms with van der Waals surface area (Å²) >= 11 is 5.89. The minimum atomic E-state index is 0.156. The van der Waals surface area contributed by atoms with Crippen LogP contribution in [-0.4, -0.2) is 9.97 Å². The summed E-state index contributed by atoms with van der Waals surface area (Å²) in [5, 5.41) is 5.14. The maximum absolute atomic E-state index is 11.3. The number of benzene rings is 2. The molecule has 7 nitrogen and oxygen atoms in total. The zero-order valence-corrected chi connectivity index (χ0v) is 15.5. The Kier molecular flexibility index (Phi) is 5.52. The Hall–Kier alpha value is -3.19. The minimum Gasteiger partial charge on any atom is -0.383 e. The molecule has 0 saturated heterocycles. The first-order valence-electron chi connectivity index (χ1n) is 8.39. The molecule has 0 saturated carbocycles. The number of aromatic nitrogens is 2. The van der Waals surface area contributed by atoms with E-state index in [1.807, 2.05) is 43.3 Å². The molecule has 3 aromatic rings. The van der Waals surface area contributed by atoms with Gasteiger partial charge in [-0.25, -0.2) is 9.99 Å². The normalized spacial score (nSPS) is 10.6. The molecule has 0 amide bonds. The summed E-state index contributed by atoms with van der Waals surface area (Å²) in [6, 6.07) is 14.6. The lowest BCUT2D eigenvalue weighted by Crippen LogP contribution is -2.14. The molecule has 0 aliphatic heterocycles. The Labute approximate surface area is 161 Å². The summed E-state index contributed by atoms with van der Waals surface area (Å²) < 4.78 is 0. The molecule has 8 heteroatoms. The number of anilines is 3. The summed E-state index contributed by atoms with van der Waals surface area (Å²) in [6.45, 7) is 2.32. The molecule has 0 fully saturated rings.